The number of aliphatic carboxylic acids is 2. The number of carboxylic acids is 2. The van der Waals surface area contributed by atoms with Crippen molar-refractivity contribution in [3.63, 3.8) is 0 Å². The summed E-state index contributed by atoms with van der Waals surface area (Å²) in [6.07, 6.45) is 0.717. The lowest BCUT2D eigenvalue weighted by atomic mass is 9.80. The number of likely N-dealkylation sites (tertiary alicyclic amines) is 1. The maximum absolute atomic E-state index is 13.5. The Hall–Kier alpha value is -5.06. The minimum atomic E-state index is -1.71. The summed E-state index contributed by atoms with van der Waals surface area (Å²) in [5.74, 6) is -8.75. The van der Waals surface area contributed by atoms with E-state index in [9.17, 15) is 54.0 Å². The summed E-state index contributed by atoms with van der Waals surface area (Å²) in [6, 6.07) is -0.437. The fraction of sp³-hybridized carbons (Fsp3) is 0.346. The molecule has 50 heavy (non-hydrogen) atoms. The first-order chi connectivity index (χ1) is 23.5. The molecule has 1 aromatic carbocycles. The van der Waals surface area contributed by atoms with Crippen LogP contribution in [0.1, 0.15) is 35.3 Å². The van der Waals surface area contributed by atoms with Crippen LogP contribution in [0, 0.1) is 0 Å². The van der Waals surface area contributed by atoms with E-state index in [0.717, 1.165) is 37.7 Å². The summed E-state index contributed by atoms with van der Waals surface area (Å²) < 4.78 is 0.933. The average molecular weight is 776 g/mol. The highest BCUT2D eigenvalue weighted by atomic mass is 35.5. The predicted octanol–water partition coefficient (Wildman–Crippen LogP) is 0.209. The normalized spacial score (nSPS) is 19.8. The third-order valence-electron chi connectivity index (χ3n) is 7.63. The maximum Gasteiger partial charge on any atom is 0.350 e. The van der Waals surface area contributed by atoms with Crippen LogP contribution in [0.15, 0.2) is 17.3 Å². The Bertz CT molecular complexity index is 1850. The van der Waals surface area contributed by atoms with E-state index in [4.69, 9.17) is 33.8 Å². The number of benzene rings is 1. The number of nitrogens with zero attached hydrogens (tertiary/aromatic N) is 5. The number of anilines is 1. The number of urea groups is 1. The number of hydrazine groups is 1. The number of nitrogen functional groups attached to an aromatic ring is 1. The second kappa shape index (κ2) is 14.0. The Kier molecular flexibility index (Phi) is 10.2. The Morgan fingerprint density at radius 1 is 1.12 bits per heavy atom. The van der Waals surface area contributed by atoms with Crippen LogP contribution in [0.25, 0.3) is 0 Å². The van der Waals surface area contributed by atoms with Crippen molar-refractivity contribution in [3.05, 3.63) is 32.7 Å². The lowest BCUT2D eigenvalue weighted by molar-refractivity contribution is -0.178. The van der Waals surface area contributed by atoms with Crippen molar-refractivity contribution < 1.29 is 58.8 Å². The predicted molar refractivity (Wildman–Crippen MR) is 172 cm³/mol. The molecular weight excluding hydrogens is 751 g/mol. The standard InChI is InChI=1S/C26H24Cl2N8O12S2/c27-12-9(2-3-10(37)17(12)41)16(40)20(43)32-35-6-7-36(25(35)47)50-22-15(21(44)34(22)8-11(38)39)30-19(42)14(13-18(28)49-24(29)31-13)33-48-26(23(45)46)4-1-5-26/h2-3,15,22,37,41H,1,4-8H2,(H2,29,31)(H,30,42)(H,32,43)(H,38,39)(H,45,46)/b33-14-/t15-,22-/m1/s1. The summed E-state index contributed by atoms with van der Waals surface area (Å²) in [5, 5.41) is 43.3. The number of phenols is 2. The number of halogens is 2. The Balaban J connectivity index is 1.31. The quantitative estimate of drug-likeness (QED) is 0.0272. The molecule has 2 atom stereocenters. The van der Waals surface area contributed by atoms with Gasteiger partial charge in [-0.25, -0.2) is 19.6 Å². The molecule has 1 aliphatic carbocycles. The molecule has 24 heteroatoms. The number of amides is 5. The van der Waals surface area contributed by atoms with Gasteiger partial charge in [0.05, 0.1) is 23.7 Å². The van der Waals surface area contributed by atoms with Crippen LogP contribution in [0.2, 0.25) is 9.36 Å². The molecule has 3 fully saturated rings. The number of hydrogen-bond donors (Lipinski definition) is 7. The molecule has 2 saturated heterocycles. The number of carbonyl (C=O) groups excluding carboxylic acids is 5. The molecule has 3 heterocycles. The number of Topliss-reactive ketones (excluding diaryl/α,β-unsaturated/α-hetero) is 1. The van der Waals surface area contributed by atoms with Crippen LogP contribution in [-0.4, -0.2) is 123 Å². The van der Waals surface area contributed by atoms with Crippen LogP contribution in [0.3, 0.4) is 0 Å². The van der Waals surface area contributed by atoms with Gasteiger partial charge in [-0.2, -0.15) is 0 Å². The lowest BCUT2D eigenvalue weighted by Crippen LogP contribution is -2.71. The van der Waals surface area contributed by atoms with Gasteiger partial charge in [0.2, 0.25) is 11.5 Å². The number of oxime groups is 1. The number of nitrogens with one attached hydrogen (secondary N) is 2. The van der Waals surface area contributed by atoms with E-state index in [2.05, 4.69) is 20.9 Å². The molecule has 5 rings (SSSR count). The van der Waals surface area contributed by atoms with E-state index in [0.29, 0.717) is 18.4 Å². The third kappa shape index (κ3) is 6.86. The van der Waals surface area contributed by atoms with E-state index in [1.807, 2.05) is 0 Å². The van der Waals surface area contributed by atoms with Gasteiger partial charge in [-0.05, 0) is 30.5 Å². The van der Waals surface area contributed by atoms with Gasteiger partial charge in [0.15, 0.2) is 22.3 Å². The highest BCUT2D eigenvalue weighted by Crippen LogP contribution is 2.38. The molecule has 0 radical (unpaired) electrons. The van der Waals surface area contributed by atoms with Crippen molar-refractivity contribution in [1.29, 1.82) is 0 Å². The van der Waals surface area contributed by atoms with Crippen molar-refractivity contribution in [2.45, 2.75) is 36.3 Å². The molecule has 266 valence electrons. The van der Waals surface area contributed by atoms with Crippen molar-refractivity contribution >= 4 is 98.8 Å². The number of rotatable bonds is 13. The first-order valence-corrected chi connectivity index (χ1v) is 16.5. The largest absolute Gasteiger partial charge is 0.504 e. The van der Waals surface area contributed by atoms with Crippen LogP contribution in [-0.2, 0) is 28.8 Å². The van der Waals surface area contributed by atoms with Crippen molar-refractivity contribution in [2.75, 3.05) is 25.4 Å². The number of nitrogens with two attached hydrogens (primary N) is 1. The topological polar surface area (TPSA) is 295 Å². The number of aromatic hydroxyl groups is 2. The monoisotopic (exact) mass is 774 g/mol. The molecular formula is C26H24Cl2N8O12S2. The number of ketones is 1. The summed E-state index contributed by atoms with van der Waals surface area (Å²) in [6.45, 7) is -1.12. The highest BCUT2D eigenvalue weighted by Gasteiger charge is 2.53. The molecule has 0 unspecified atom stereocenters. The Labute approximate surface area is 297 Å². The van der Waals surface area contributed by atoms with Crippen molar-refractivity contribution in [3.8, 4) is 11.5 Å². The number of carboxylic acid groups (broad SMARTS) is 2. The van der Waals surface area contributed by atoms with Crippen LogP contribution in [0.4, 0.5) is 9.93 Å². The number of β-lactam (4-membered cyclic amide) rings is 1. The number of carbonyl (C=O) groups is 7. The molecule has 5 amide bonds. The lowest BCUT2D eigenvalue weighted by Gasteiger charge is -2.46. The first-order valence-electron chi connectivity index (χ1n) is 14.1. The fourth-order valence-corrected chi connectivity index (χ4v) is 7.21. The summed E-state index contributed by atoms with van der Waals surface area (Å²) >= 11 is 13.5. The van der Waals surface area contributed by atoms with Gasteiger partial charge in [-0.3, -0.25) is 33.7 Å². The van der Waals surface area contributed by atoms with Gasteiger partial charge in [0.1, 0.15) is 28.0 Å². The molecule has 3 aliphatic rings. The molecule has 1 aromatic heterocycles. The molecule has 2 aliphatic heterocycles. The van der Waals surface area contributed by atoms with E-state index in [1.165, 1.54) is 0 Å². The smallest absolute Gasteiger partial charge is 0.350 e. The van der Waals surface area contributed by atoms with E-state index >= 15 is 0 Å². The summed E-state index contributed by atoms with van der Waals surface area (Å²) in [7, 11) is 0. The van der Waals surface area contributed by atoms with E-state index in [-0.39, 0.29) is 41.1 Å². The Morgan fingerprint density at radius 2 is 1.82 bits per heavy atom. The van der Waals surface area contributed by atoms with Crippen molar-refractivity contribution in [2.24, 2.45) is 5.16 Å². The maximum atomic E-state index is 13.5. The molecule has 1 saturated carbocycles. The zero-order chi connectivity index (χ0) is 36.7. The fourth-order valence-electron chi connectivity index (χ4n) is 4.80. The van der Waals surface area contributed by atoms with Crippen LogP contribution < -0.4 is 16.5 Å². The van der Waals surface area contributed by atoms with Gasteiger partial charge < -0.3 is 41.2 Å². The number of thiazole rings is 1. The van der Waals surface area contributed by atoms with Crippen LogP contribution in [0.5, 0.6) is 11.5 Å². The van der Waals surface area contributed by atoms with Crippen LogP contribution >= 0.6 is 46.5 Å². The summed E-state index contributed by atoms with van der Waals surface area (Å²) in [5.41, 5.74) is 4.75. The molecule has 0 spiro atoms. The average Bonchev–Trinajstić information content (AvgIpc) is 3.56. The zero-order valence-electron chi connectivity index (χ0n) is 25.0. The third-order valence-corrected chi connectivity index (χ3v) is 10.4. The highest BCUT2D eigenvalue weighted by molar-refractivity contribution is 7.98. The van der Waals surface area contributed by atoms with Gasteiger partial charge in [0, 0.05) is 12.8 Å². The van der Waals surface area contributed by atoms with Crippen molar-refractivity contribution in [1.82, 2.24) is 29.9 Å². The SMILES string of the molecule is Nc1nc(/C(=N/OC2(C(=O)O)CCC2)C(=O)N[C@@H]2C(=O)N(CC(=O)O)[C@@H]2SN2CCN(NC(=O)C(=O)c3ccc(O)c(O)c3Cl)C2=O)c(Cl)s1. The Morgan fingerprint density at radius 3 is 2.40 bits per heavy atom. The minimum Gasteiger partial charge on any atom is -0.504 e. The van der Waals surface area contributed by atoms with E-state index < -0.39 is 92.8 Å². The molecule has 2 aromatic rings. The number of phenolic OH excluding ortho intramolecular Hbond substituents is 2. The second-order valence-electron chi connectivity index (χ2n) is 10.8. The molecule has 20 nitrogen and oxygen atoms in total. The second-order valence-corrected chi connectivity index (χ2v) is 13.9. The van der Waals surface area contributed by atoms with Gasteiger partial charge >= 0.3 is 23.9 Å². The van der Waals surface area contributed by atoms with Gasteiger partial charge in [-0.15, -0.1) is 0 Å². The molecule has 8 N–H and O–H groups in total. The summed E-state index contributed by atoms with van der Waals surface area (Å²) in [4.78, 5) is 98.4. The number of hydrogen-bond acceptors (Lipinski definition) is 15. The first kappa shape index (κ1) is 36.2. The minimum absolute atomic E-state index is 0.0712. The van der Waals surface area contributed by atoms with E-state index in [1.54, 1.807) is 0 Å². The van der Waals surface area contributed by atoms with Gasteiger partial charge in [0.25, 0.3) is 11.7 Å². The number of aromatic nitrogens is 1. The molecule has 0 bridgehead atoms. The zero-order valence-corrected chi connectivity index (χ0v) is 28.1. The van der Waals surface area contributed by atoms with Gasteiger partial charge in [-0.1, -0.05) is 39.7 Å².